The first kappa shape index (κ1) is 21.6. The summed E-state index contributed by atoms with van der Waals surface area (Å²) in [5, 5.41) is 15.6. The number of nitrogens with zero attached hydrogens (tertiary/aromatic N) is 2. The molecule has 7 nitrogen and oxygen atoms in total. The molecule has 160 valence electrons. The maximum absolute atomic E-state index is 12.7. The van der Waals surface area contributed by atoms with Gasteiger partial charge in [0.25, 0.3) is 0 Å². The van der Waals surface area contributed by atoms with E-state index in [1.807, 2.05) is 42.5 Å². The average Bonchev–Trinajstić information content (AvgIpc) is 2.93. The van der Waals surface area contributed by atoms with Crippen LogP contribution in [0.4, 0.5) is 10.6 Å². The van der Waals surface area contributed by atoms with Gasteiger partial charge >= 0.3 is 12.0 Å². The van der Waals surface area contributed by atoms with Gasteiger partial charge < -0.3 is 20.6 Å². The monoisotopic (exact) mass is 410 g/mol. The van der Waals surface area contributed by atoms with Crippen LogP contribution in [-0.2, 0) is 11.2 Å². The molecule has 0 aliphatic carbocycles. The third-order valence-corrected chi connectivity index (χ3v) is 5.40. The van der Waals surface area contributed by atoms with E-state index in [1.54, 1.807) is 11.1 Å². The topological polar surface area (TPSA) is 94.6 Å². The number of anilines is 1. The number of fused-ring (bicyclic) bond motifs is 1. The number of aliphatic carboxylic acids is 1. The van der Waals surface area contributed by atoms with Crippen LogP contribution in [0.5, 0.6) is 0 Å². The Morgan fingerprint density at radius 3 is 2.67 bits per heavy atom. The fraction of sp³-hybridized carbons (Fsp3) is 0.435. The summed E-state index contributed by atoms with van der Waals surface area (Å²) in [6.45, 7) is 2.51. The van der Waals surface area contributed by atoms with E-state index in [0.717, 1.165) is 49.2 Å². The second-order valence-corrected chi connectivity index (χ2v) is 7.62. The minimum absolute atomic E-state index is 0.0318. The van der Waals surface area contributed by atoms with Crippen molar-refractivity contribution in [1.82, 2.24) is 15.2 Å². The number of carboxylic acid groups (broad SMARTS) is 1. The molecule has 0 radical (unpaired) electrons. The third-order valence-electron chi connectivity index (χ3n) is 5.40. The fourth-order valence-electron chi connectivity index (χ4n) is 3.86. The van der Waals surface area contributed by atoms with Crippen molar-refractivity contribution in [2.24, 2.45) is 0 Å². The largest absolute Gasteiger partial charge is 0.481 e. The van der Waals surface area contributed by atoms with Gasteiger partial charge in [0.1, 0.15) is 5.82 Å². The van der Waals surface area contributed by atoms with Crippen molar-refractivity contribution >= 4 is 17.8 Å². The molecule has 2 amide bonds. The predicted molar refractivity (Wildman–Crippen MR) is 117 cm³/mol. The number of carboxylic acids is 1. The van der Waals surface area contributed by atoms with Crippen molar-refractivity contribution in [3.8, 4) is 0 Å². The summed E-state index contributed by atoms with van der Waals surface area (Å²) in [5.74, 6) is -0.134. The Labute approximate surface area is 177 Å². The summed E-state index contributed by atoms with van der Waals surface area (Å²) in [4.78, 5) is 30.0. The zero-order chi connectivity index (χ0) is 21.2. The molecule has 1 aromatic heterocycles. The number of hydrogen-bond acceptors (Lipinski definition) is 4. The molecule has 1 aliphatic rings. The van der Waals surface area contributed by atoms with Gasteiger partial charge in [0.05, 0.1) is 6.42 Å². The van der Waals surface area contributed by atoms with E-state index in [4.69, 9.17) is 0 Å². The van der Waals surface area contributed by atoms with E-state index in [-0.39, 0.29) is 18.4 Å². The van der Waals surface area contributed by atoms with Gasteiger partial charge in [-0.1, -0.05) is 30.3 Å². The molecule has 1 unspecified atom stereocenters. The zero-order valence-electron chi connectivity index (χ0n) is 17.2. The smallest absolute Gasteiger partial charge is 0.317 e. The van der Waals surface area contributed by atoms with Crippen molar-refractivity contribution in [1.29, 1.82) is 0 Å². The fourth-order valence-corrected chi connectivity index (χ4v) is 3.86. The summed E-state index contributed by atoms with van der Waals surface area (Å²) in [6, 6.07) is 13.6. The molecule has 7 heteroatoms. The molecule has 0 bridgehead atoms. The van der Waals surface area contributed by atoms with Crippen LogP contribution in [0.3, 0.4) is 0 Å². The van der Waals surface area contributed by atoms with Crippen LogP contribution in [0.2, 0.25) is 0 Å². The summed E-state index contributed by atoms with van der Waals surface area (Å²) in [5.41, 5.74) is 2.19. The van der Waals surface area contributed by atoms with Crippen molar-refractivity contribution in [2.75, 3.05) is 31.5 Å². The number of urea groups is 1. The molecule has 0 saturated heterocycles. The lowest BCUT2D eigenvalue weighted by Gasteiger charge is -2.24. The van der Waals surface area contributed by atoms with Crippen molar-refractivity contribution in [3.63, 3.8) is 0 Å². The maximum Gasteiger partial charge on any atom is 0.317 e. The number of amides is 2. The Kier molecular flexibility index (Phi) is 8.06. The van der Waals surface area contributed by atoms with Gasteiger partial charge in [-0.05, 0) is 48.9 Å². The van der Waals surface area contributed by atoms with Gasteiger partial charge in [-0.15, -0.1) is 0 Å². The molecule has 0 saturated carbocycles. The Balaban J connectivity index is 1.40. The molecule has 30 heavy (non-hydrogen) atoms. The second kappa shape index (κ2) is 11.2. The third kappa shape index (κ3) is 6.47. The first-order valence-electron chi connectivity index (χ1n) is 10.6. The SMILES string of the molecule is O=C(O)CC1CN(C(=O)NCCCCCNc2ccccn2)CCc2ccccc21. The van der Waals surface area contributed by atoms with Crippen molar-refractivity contribution in [2.45, 2.75) is 38.0 Å². The molecule has 1 aliphatic heterocycles. The van der Waals surface area contributed by atoms with Crippen molar-refractivity contribution in [3.05, 3.63) is 59.8 Å². The molecule has 0 spiro atoms. The minimum atomic E-state index is -0.837. The van der Waals surface area contributed by atoms with Gasteiger partial charge in [0, 0.05) is 38.3 Å². The van der Waals surface area contributed by atoms with Gasteiger partial charge in [-0.2, -0.15) is 0 Å². The molecular formula is C23H30N4O3. The van der Waals surface area contributed by atoms with Crippen LogP contribution in [0, 0.1) is 0 Å². The van der Waals surface area contributed by atoms with Gasteiger partial charge in [0.15, 0.2) is 0 Å². The zero-order valence-corrected chi connectivity index (χ0v) is 17.2. The van der Waals surface area contributed by atoms with Gasteiger partial charge in [-0.25, -0.2) is 9.78 Å². The van der Waals surface area contributed by atoms with E-state index in [9.17, 15) is 14.7 Å². The lowest BCUT2D eigenvalue weighted by Crippen LogP contribution is -2.42. The molecular weight excluding hydrogens is 380 g/mol. The van der Waals surface area contributed by atoms with Crippen LogP contribution in [0.1, 0.15) is 42.7 Å². The number of carbonyl (C=O) groups is 2. The number of unbranched alkanes of at least 4 members (excludes halogenated alkanes) is 2. The Hall–Kier alpha value is -3.09. The van der Waals surface area contributed by atoms with Crippen LogP contribution in [0.15, 0.2) is 48.7 Å². The molecule has 1 atom stereocenters. The lowest BCUT2D eigenvalue weighted by atomic mass is 9.91. The summed E-state index contributed by atoms with van der Waals surface area (Å²) >= 11 is 0. The van der Waals surface area contributed by atoms with E-state index in [2.05, 4.69) is 15.6 Å². The van der Waals surface area contributed by atoms with E-state index in [1.165, 1.54) is 0 Å². The molecule has 3 rings (SSSR count). The second-order valence-electron chi connectivity index (χ2n) is 7.62. The minimum Gasteiger partial charge on any atom is -0.481 e. The molecule has 3 N–H and O–H groups in total. The average molecular weight is 411 g/mol. The highest BCUT2D eigenvalue weighted by Crippen LogP contribution is 2.28. The van der Waals surface area contributed by atoms with Crippen LogP contribution in [0.25, 0.3) is 0 Å². The number of benzene rings is 1. The Morgan fingerprint density at radius 2 is 1.87 bits per heavy atom. The van der Waals surface area contributed by atoms with Gasteiger partial charge in [-0.3, -0.25) is 4.79 Å². The number of carbonyl (C=O) groups excluding carboxylic acids is 1. The predicted octanol–water partition coefficient (Wildman–Crippen LogP) is 3.49. The van der Waals surface area contributed by atoms with Crippen LogP contribution >= 0.6 is 0 Å². The van der Waals surface area contributed by atoms with Gasteiger partial charge in [0.2, 0.25) is 0 Å². The standard InChI is InChI=1S/C23H30N4O3/c28-22(29)16-19-17-27(15-11-18-8-2-3-9-20(18)19)23(30)26-14-6-1-5-12-24-21-10-4-7-13-25-21/h2-4,7-10,13,19H,1,5-6,11-12,14-17H2,(H,24,25)(H,26,30)(H,28,29). The number of aromatic nitrogens is 1. The first-order valence-corrected chi connectivity index (χ1v) is 10.6. The molecule has 2 aromatic rings. The van der Waals surface area contributed by atoms with E-state index >= 15 is 0 Å². The highest BCUT2D eigenvalue weighted by Gasteiger charge is 2.27. The molecule has 1 aromatic carbocycles. The number of hydrogen-bond donors (Lipinski definition) is 3. The van der Waals surface area contributed by atoms with Crippen LogP contribution < -0.4 is 10.6 Å². The van der Waals surface area contributed by atoms with E-state index in [0.29, 0.717) is 19.6 Å². The summed E-state index contributed by atoms with van der Waals surface area (Å²) < 4.78 is 0. The first-order chi connectivity index (χ1) is 14.6. The highest BCUT2D eigenvalue weighted by atomic mass is 16.4. The normalized spacial score (nSPS) is 15.7. The highest BCUT2D eigenvalue weighted by molar-refractivity contribution is 5.75. The maximum atomic E-state index is 12.7. The van der Waals surface area contributed by atoms with Crippen molar-refractivity contribution < 1.29 is 14.7 Å². The summed E-state index contributed by atoms with van der Waals surface area (Å²) in [7, 11) is 0. The lowest BCUT2D eigenvalue weighted by molar-refractivity contribution is -0.137. The number of nitrogens with one attached hydrogen (secondary N) is 2. The van der Waals surface area contributed by atoms with E-state index < -0.39 is 5.97 Å². The molecule has 2 heterocycles. The molecule has 0 fully saturated rings. The van der Waals surface area contributed by atoms with Crippen LogP contribution in [-0.4, -0.2) is 53.2 Å². The number of pyridine rings is 1. The Bertz CT molecular complexity index is 828. The Morgan fingerprint density at radius 1 is 1.07 bits per heavy atom. The summed E-state index contributed by atoms with van der Waals surface area (Å²) in [6.07, 6.45) is 5.46. The quantitative estimate of drug-likeness (QED) is 0.550. The number of rotatable bonds is 9.